The van der Waals surface area contributed by atoms with Crippen LogP contribution >= 0.6 is 11.6 Å². The molecule has 1 aliphatic rings. The molecule has 2 aromatic rings. The Labute approximate surface area is 194 Å². The zero-order valence-corrected chi connectivity index (χ0v) is 20.3. The molecule has 1 amide bonds. The predicted octanol–water partition coefficient (Wildman–Crippen LogP) is 5.45. The van der Waals surface area contributed by atoms with Crippen molar-refractivity contribution in [3.8, 4) is 17.2 Å². The molecule has 2 N–H and O–H groups in total. The minimum atomic E-state index is -0.212. The third-order valence-corrected chi connectivity index (χ3v) is 5.64. The summed E-state index contributed by atoms with van der Waals surface area (Å²) in [6.07, 6.45) is 2.29. The van der Waals surface area contributed by atoms with Gasteiger partial charge in [-0.05, 0) is 40.0 Å². The topological polar surface area (TPSA) is 80.2 Å². The molecule has 2 aromatic carbocycles. The van der Waals surface area contributed by atoms with Gasteiger partial charge in [-0.2, -0.15) is 5.10 Å². The summed E-state index contributed by atoms with van der Waals surface area (Å²) in [5.74, 6) is 1.32. The molecule has 0 saturated carbocycles. The first kappa shape index (κ1) is 23.9. The lowest BCUT2D eigenvalue weighted by molar-refractivity contribution is -0.121. The highest BCUT2D eigenvalue weighted by atomic mass is 35.5. The van der Waals surface area contributed by atoms with Crippen LogP contribution in [-0.2, 0) is 22.0 Å². The smallest absolute Gasteiger partial charge is 0.240 e. The minimum absolute atomic E-state index is 0.161. The van der Waals surface area contributed by atoms with Crippen molar-refractivity contribution in [3.63, 3.8) is 0 Å². The van der Waals surface area contributed by atoms with E-state index in [1.165, 1.54) is 6.21 Å². The SMILES string of the molecule is CC(C)(C)c1cc(CCC(=O)N/N=C\c2cc3c(cc2Cl)OCO3)cc(C(C)(C)C)c1O. The van der Waals surface area contributed by atoms with Crippen molar-refractivity contribution in [2.75, 3.05) is 6.79 Å². The van der Waals surface area contributed by atoms with Crippen LogP contribution in [0.1, 0.15) is 70.2 Å². The van der Waals surface area contributed by atoms with Crippen LogP contribution in [0.5, 0.6) is 17.2 Å². The maximum atomic E-state index is 12.4. The van der Waals surface area contributed by atoms with Gasteiger partial charge in [0.15, 0.2) is 11.5 Å². The number of halogens is 1. The highest BCUT2D eigenvalue weighted by Crippen LogP contribution is 2.40. The lowest BCUT2D eigenvalue weighted by Gasteiger charge is -2.28. The summed E-state index contributed by atoms with van der Waals surface area (Å²) < 4.78 is 10.6. The van der Waals surface area contributed by atoms with Crippen LogP contribution in [0.4, 0.5) is 0 Å². The average Bonchev–Trinajstić information content (AvgIpc) is 3.12. The van der Waals surface area contributed by atoms with Gasteiger partial charge in [0.1, 0.15) is 5.75 Å². The first-order valence-electron chi connectivity index (χ1n) is 10.6. The Hall–Kier alpha value is -2.73. The van der Waals surface area contributed by atoms with Gasteiger partial charge in [0, 0.05) is 18.1 Å². The normalized spacial score (nSPS) is 13.6. The summed E-state index contributed by atoms with van der Waals surface area (Å²) in [4.78, 5) is 12.4. The number of carbonyl (C=O) groups is 1. The van der Waals surface area contributed by atoms with E-state index < -0.39 is 0 Å². The lowest BCUT2D eigenvalue weighted by atomic mass is 9.78. The van der Waals surface area contributed by atoms with E-state index in [1.807, 2.05) is 12.1 Å². The van der Waals surface area contributed by atoms with Crippen molar-refractivity contribution in [3.05, 3.63) is 51.5 Å². The zero-order valence-electron chi connectivity index (χ0n) is 19.5. The Morgan fingerprint density at radius 3 is 2.19 bits per heavy atom. The van der Waals surface area contributed by atoms with Gasteiger partial charge in [0.25, 0.3) is 0 Å². The number of nitrogens with zero attached hydrogens (tertiary/aromatic N) is 1. The van der Waals surface area contributed by atoms with Crippen LogP contribution in [-0.4, -0.2) is 24.0 Å². The number of benzene rings is 2. The van der Waals surface area contributed by atoms with Crippen molar-refractivity contribution < 1.29 is 19.4 Å². The largest absolute Gasteiger partial charge is 0.507 e. The molecule has 0 fully saturated rings. The number of nitrogens with one attached hydrogen (secondary N) is 1. The molecular formula is C25H31ClN2O4. The maximum absolute atomic E-state index is 12.4. The Morgan fingerprint density at radius 2 is 1.62 bits per heavy atom. The fourth-order valence-corrected chi connectivity index (χ4v) is 3.70. The quantitative estimate of drug-likeness (QED) is 0.461. The summed E-state index contributed by atoms with van der Waals surface area (Å²) in [7, 11) is 0. The first-order chi connectivity index (χ1) is 14.9. The Balaban J connectivity index is 1.68. The van der Waals surface area contributed by atoms with Crippen molar-refractivity contribution in [2.24, 2.45) is 5.10 Å². The number of rotatable bonds is 5. The van der Waals surface area contributed by atoms with Gasteiger partial charge in [0.2, 0.25) is 12.7 Å². The standard InChI is InChI=1S/C25H31ClN2O4/c1-24(2,3)17-9-15(10-18(23(17)30)25(4,5)6)7-8-22(29)28-27-13-16-11-20-21(12-19(16)26)32-14-31-20/h9-13,30H,7-8,14H2,1-6H3,(H,28,29)/b27-13-. The van der Waals surface area contributed by atoms with Gasteiger partial charge in [-0.15, -0.1) is 0 Å². The molecule has 7 heteroatoms. The molecule has 172 valence electrons. The predicted molar refractivity (Wildman–Crippen MR) is 127 cm³/mol. The van der Waals surface area contributed by atoms with Crippen LogP contribution in [0.15, 0.2) is 29.4 Å². The first-order valence-corrected chi connectivity index (χ1v) is 11.0. The second-order valence-corrected chi connectivity index (χ2v) is 10.5. The van der Waals surface area contributed by atoms with Crippen LogP contribution in [0.25, 0.3) is 0 Å². The molecule has 32 heavy (non-hydrogen) atoms. The van der Waals surface area contributed by atoms with Crippen molar-refractivity contribution >= 4 is 23.7 Å². The molecule has 0 radical (unpaired) electrons. The summed E-state index contributed by atoms with van der Waals surface area (Å²) in [6, 6.07) is 7.37. The second-order valence-electron chi connectivity index (χ2n) is 10.1. The van der Waals surface area contributed by atoms with Crippen molar-refractivity contribution in [1.29, 1.82) is 0 Å². The van der Waals surface area contributed by atoms with Gasteiger partial charge in [-0.1, -0.05) is 65.3 Å². The number of ether oxygens (including phenoxy) is 2. The van der Waals surface area contributed by atoms with E-state index in [-0.39, 0.29) is 30.0 Å². The van der Waals surface area contributed by atoms with Gasteiger partial charge in [0.05, 0.1) is 11.2 Å². The molecule has 1 heterocycles. The second kappa shape index (κ2) is 9.02. The number of fused-ring (bicyclic) bond motifs is 1. The van der Waals surface area contributed by atoms with E-state index in [0.29, 0.717) is 34.3 Å². The molecule has 1 aliphatic heterocycles. The minimum Gasteiger partial charge on any atom is -0.507 e. The van der Waals surface area contributed by atoms with E-state index in [1.54, 1.807) is 12.1 Å². The van der Waals surface area contributed by atoms with Gasteiger partial charge >= 0.3 is 0 Å². The third kappa shape index (κ3) is 5.54. The maximum Gasteiger partial charge on any atom is 0.240 e. The third-order valence-electron chi connectivity index (χ3n) is 5.31. The Bertz CT molecular complexity index is 1010. The number of hydrogen-bond donors (Lipinski definition) is 2. The average molecular weight is 459 g/mol. The van der Waals surface area contributed by atoms with E-state index in [4.69, 9.17) is 21.1 Å². The molecular weight excluding hydrogens is 428 g/mol. The highest BCUT2D eigenvalue weighted by Gasteiger charge is 2.26. The summed E-state index contributed by atoms with van der Waals surface area (Å²) in [6.45, 7) is 12.6. The monoisotopic (exact) mass is 458 g/mol. The number of hydrazone groups is 1. The molecule has 3 rings (SSSR count). The number of amides is 1. The lowest BCUT2D eigenvalue weighted by Crippen LogP contribution is -2.20. The van der Waals surface area contributed by atoms with E-state index >= 15 is 0 Å². The molecule has 0 atom stereocenters. The van der Waals surface area contributed by atoms with Crippen LogP contribution in [0, 0.1) is 0 Å². The fraction of sp³-hybridized carbons (Fsp3) is 0.440. The molecule has 0 unspecified atom stereocenters. The van der Waals surface area contributed by atoms with E-state index in [9.17, 15) is 9.90 Å². The number of phenolic OH excluding ortho intramolecular Hbond substituents is 1. The van der Waals surface area contributed by atoms with Crippen LogP contribution < -0.4 is 14.9 Å². The molecule has 0 aromatic heterocycles. The molecule has 0 aliphatic carbocycles. The number of carbonyl (C=O) groups excluding carboxylic acids is 1. The summed E-state index contributed by atoms with van der Waals surface area (Å²) in [5.41, 5.74) is 5.53. The summed E-state index contributed by atoms with van der Waals surface area (Å²) >= 11 is 6.22. The number of aryl methyl sites for hydroxylation is 1. The fourth-order valence-electron chi connectivity index (χ4n) is 3.50. The Morgan fingerprint density at radius 1 is 1.06 bits per heavy atom. The van der Waals surface area contributed by atoms with Gasteiger partial charge < -0.3 is 14.6 Å². The summed E-state index contributed by atoms with van der Waals surface area (Å²) in [5, 5.41) is 15.3. The van der Waals surface area contributed by atoms with Crippen molar-refractivity contribution in [1.82, 2.24) is 5.43 Å². The van der Waals surface area contributed by atoms with Crippen molar-refractivity contribution in [2.45, 2.75) is 65.2 Å². The van der Waals surface area contributed by atoms with Gasteiger partial charge in [-0.25, -0.2) is 5.43 Å². The van der Waals surface area contributed by atoms with Crippen LogP contribution in [0.2, 0.25) is 5.02 Å². The molecule has 6 nitrogen and oxygen atoms in total. The molecule has 0 spiro atoms. The molecule has 0 bridgehead atoms. The Kier molecular flexibility index (Phi) is 6.75. The van der Waals surface area contributed by atoms with Crippen LogP contribution in [0.3, 0.4) is 0 Å². The highest BCUT2D eigenvalue weighted by molar-refractivity contribution is 6.33. The van der Waals surface area contributed by atoms with E-state index in [0.717, 1.165) is 16.7 Å². The van der Waals surface area contributed by atoms with Gasteiger partial charge in [-0.3, -0.25) is 4.79 Å². The number of hydrogen-bond acceptors (Lipinski definition) is 5. The zero-order chi connectivity index (χ0) is 23.7. The molecule has 0 saturated heterocycles. The number of phenols is 1. The number of aromatic hydroxyl groups is 1. The van der Waals surface area contributed by atoms with E-state index in [2.05, 4.69) is 52.1 Å².